The number of allylic oxidation sites excluding steroid dienone is 1. The standard InChI is InChI=1S/C20H25NO/c1-21(2)16-9-17-22-20-15-7-6-13-19(20)14-8-12-18-10-4-3-5-11-18/h3-8,10-11,13-15H,9,12,16-17H2,1-2H3. The van der Waals surface area contributed by atoms with E-state index in [-0.39, 0.29) is 0 Å². The summed E-state index contributed by atoms with van der Waals surface area (Å²) in [5.41, 5.74) is 2.46. The molecule has 0 fully saturated rings. The molecular formula is C20H25NO. The molecule has 0 aromatic heterocycles. The highest BCUT2D eigenvalue weighted by molar-refractivity contribution is 5.57. The van der Waals surface area contributed by atoms with Crippen LogP contribution in [0.15, 0.2) is 60.7 Å². The van der Waals surface area contributed by atoms with Crippen molar-refractivity contribution in [1.29, 1.82) is 0 Å². The number of benzene rings is 2. The second-order valence-corrected chi connectivity index (χ2v) is 5.64. The number of para-hydroxylation sites is 1. The molecule has 0 atom stereocenters. The van der Waals surface area contributed by atoms with Crippen LogP contribution in [0.1, 0.15) is 17.5 Å². The van der Waals surface area contributed by atoms with Gasteiger partial charge >= 0.3 is 0 Å². The monoisotopic (exact) mass is 295 g/mol. The van der Waals surface area contributed by atoms with Gasteiger partial charge in [-0.25, -0.2) is 0 Å². The molecule has 0 bridgehead atoms. The summed E-state index contributed by atoms with van der Waals surface area (Å²) in [6.45, 7) is 1.80. The van der Waals surface area contributed by atoms with Gasteiger partial charge in [0.2, 0.25) is 0 Å². The van der Waals surface area contributed by atoms with Crippen LogP contribution in [0.25, 0.3) is 6.08 Å². The van der Waals surface area contributed by atoms with Crippen molar-refractivity contribution in [2.75, 3.05) is 27.2 Å². The van der Waals surface area contributed by atoms with E-state index in [1.54, 1.807) is 0 Å². The van der Waals surface area contributed by atoms with Crippen molar-refractivity contribution in [3.05, 3.63) is 71.8 Å². The van der Waals surface area contributed by atoms with E-state index in [2.05, 4.69) is 67.5 Å². The Morgan fingerprint density at radius 3 is 2.45 bits per heavy atom. The average Bonchev–Trinajstić information content (AvgIpc) is 2.54. The van der Waals surface area contributed by atoms with E-state index >= 15 is 0 Å². The maximum absolute atomic E-state index is 5.91. The van der Waals surface area contributed by atoms with E-state index in [0.29, 0.717) is 0 Å². The van der Waals surface area contributed by atoms with Crippen LogP contribution in [-0.2, 0) is 6.42 Å². The van der Waals surface area contributed by atoms with Gasteiger partial charge < -0.3 is 9.64 Å². The van der Waals surface area contributed by atoms with E-state index < -0.39 is 0 Å². The van der Waals surface area contributed by atoms with Crippen LogP contribution in [-0.4, -0.2) is 32.1 Å². The molecule has 2 nitrogen and oxygen atoms in total. The van der Waals surface area contributed by atoms with Gasteiger partial charge in [0.25, 0.3) is 0 Å². The van der Waals surface area contributed by atoms with Gasteiger partial charge in [-0.3, -0.25) is 0 Å². The molecule has 0 N–H and O–H groups in total. The third-order valence-corrected chi connectivity index (χ3v) is 3.42. The molecule has 0 spiro atoms. The topological polar surface area (TPSA) is 12.5 Å². The van der Waals surface area contributed by atoms with Crippen molar-refractivity contribution in [3.63, 3.8) is 0 Å². The summed E-state index contributed by atoms with van der Waals surface area (Å²) >= 11 is 0. The second kappa shape index (κ2) is 9.06. The summed E-state index contributed by atoms with van der Waals surface area (Å²) in [6.07, 6.45) is 6.32. The lowest BCUT2D eigenvalue weighted by Gasteiger charge is -2.11. The number of hydrogen-bond donors (Lipinski definition) is 0. The molecule has 0 saturated heterocycles. The van der Waals surface area contributed by atoms with Crippen molar-refractivity contribution < 1.29 is 4.74 Å². The van der Waals surface area contributed by atoms with Crippen LogP contribution in [0, 0.1) is 0 Å². The third-order valence-electron chi connectivity index (χ3n) is 3.42. The van der Waals surface area contributed by atoms with Gasteiger partial charge in [0.15, 0.2) is 0 Å². The van der Waals surface area contributed by atoms with Crippen LogP contribution in [0.5, 0.6) is 5.75 Å². The zero-order valence-electron chi connectivity index (χ0n) is 13.5. The first-order chi connectivity index (χ1) is 10.8. The van der Waals surface area contributed by atoms with Crippen molar-refractivity contribution in [2.24, 2.45) is 0 Å². The molecule has 0 heterocycles. The van der Waals surface area contributed by atoms with Crippen molar-refractivity contribution in [3.8, 4) is 5.75 Å². The zero-order valence-corrected chi connectivity index (χ0v) is 13.5. The van der Waals surface area contributed by atoms with Crippen LogP contribution in [0.4, 0.5) is 0 Å². The minimum Gasteiger partial charge on any atom is -0.493 e. The summed E-state index contributed by atoms with van der Waals surface area (Å²) in [7, 11) is 4.17. The van der Waals surface area contributed by atoms with E-state index in [0.717, 1.165) is 37.3 Å². The first kappa shape index (κ1) is 16.3. The Labute approximate surface area is 134 Å². The second-order valence-electron chi connectivity index (χ2n) is 5.64. The average molecular weight is 295 g/mol. The maximum atomic E-state index is 5.91. The highest BCUT2D eigenvalue weighted by Crippen LogP contribution is 2.20. The number of rotatable bonds is 8. The fourth-order valence-corrected chi connectivity index (χ4v) is 2.25. The Morgan fingerprint density at radius 1 is 0.955 bits per heavy atom. The Kier molecular flexibility index (Phi) is 6.72. The van der Waals surface area contributed by atoms with Crippen molar-refractivity contribution in [2.45, 2.75) is 12.8 Å². The Bertz CT molecular complexity index is 575. The third kappa shape index (κ3) is 5.74. The first-order valence-corrected chi connectivity index (χ1v) is 7.83. The fourth-order valence-electron chi connectivity index (χ4n) is 2.25. The summed E-state index contributed by atoms with van der Waals surface area (Å²) < 4.78 is 5.91. The molecule has 116 valence electrons. The van der Waals surface area contributed by atoms with Gasteiger partial charge in [0, 0.05) is 12.1 Å². The predicted octanol–water partition coefficient (Wildman–Crippen LogP) is 4.27. The van der Waals surface area contributed by atoms with E-state index in [1.165, 1.54) is 5.56 Å². The van der Waals surface area contributed by atoms with E-state index in [4.69, 9.17) is 4.74 Å². The normalized spacial score (nSPS) is 11.2. The van der Waals surface area contributed by atoms with Gasteiger partial charge in [-0.2, -0.15) is 0 Å². The first-order valence-electron chi connectivity index (χ1n) is 7.83. The van der Waals surface area contributed by atoms with Crippen molar-refractivity contribution in [1.82, 2.24) is 4.90 Å². The number of nitrogens with zero attached hydrogens (tertiary/aromatic N) is 1. The molecule has 22 heavy (non-hydrogen) atoms. The van der Waals surface area contributed by atoms with E-state index in [1.807, 2.05) is 18.2 Å². The Hall–Kier alpha value is -2.06. The number of ether oxygens (including phenoxy) is 1. The minimum absolute atomic E-state index is 0.752. The van der Waals surface area contributed by atoms with Crippen LogP contribution in [0.3, 0.4) is 0 Å². The van der Waals surface area contributed by atoms with Crippen LogP contribution < -0.4 is 4.74 Å². The lowest BCUT2D eigenvalue weighted by atomic mass is 10.1. The molecule has 0 amide bonds. The Morgan fingerprint density at radius 2 is 1.68 bits per heavy atom. The lowest BCUT2D eigenvalue weighted by Crippen LogP contribution is -2.15. The van der Waals surface area contributed by atoms with Crippen molar-refractivity contribution >= 4 is 6.08 Å². The SMILES string of the molecule is CN(C)CCCOc1ccccc1C=CCc1ccccc1. The summed E-state index contributed by atoms with van der Waals surface area (Å²) in [5.74, 6) is 0.963. The molecular weight excluding hydrogens is 270 g/mol. The smallest absolute Gasteiger partial charge is 0.126 e. The molecule has 0 aliphatic heterocycles. The van der Waals surface area contributed by atoms with Crippen LogP contribution in [0.2, 0.25) is 0 Å². The van der Waals surface area contributed by atoms with Gasteiger partial charge in [0.1, 0.15) is 5.75 Å². The lowest BCUT2D eigenvalue weighted by molar-refractivity contribution is 0.281. The zero-order chi connectivity index (χ0) is 15.6. The minimum atomic E-state index is 0.752. The molecule has 0 radical (unpaired) electrons. The molecule has 0 aliphatic carbocycles. The number of hydrogen-bond acceptors (Lipinski definition) is 2. The van der Waals surface area contributed by atoms with Crippen LogP contribution >= 0.6 is 0 Å². The summed E-state index contributed by atoms with van der Waals surface area (Å²) in [4.78, 5) is 2.18. The maximum Gasteiger partial charge on any atom is 0.126 e. The van der Waals surface area contributed by atoms with Gasteiger partial charge in [-0.1, -0.05) is 60.7 Å². The molecule has 0 unspecified atom stereocenters. The largest absolute Gasteiger partial charge is 0.493 e. The van der Waals surface area contributed by atoms with E-state index in [9.17, 15) is 0 Å². The molecule has 2 rings (SSSR count). The summed E-state index contributed by atoms with van der Waals surface area (Å²) in [6, 6.07) is 18.7. The quantitative estimate of drug-likeness (QED) is 0.674. The molecule has 2 aromatic carbocycles. The summed E-state index contributed by atoms with van der Waals surface area (Å²) in [5, 5.41) is 0. The van der Waals surface area contributed by atoms with Gasteiger partial charge in [-0.15, -0.1) is 0 Å². The molecule has 0 aliphatic rings. The highest BCUT2D eigenvalue weighted by atomic mass is 16.5. The Balaban J connectivity index is 1.90. The molecule has 0 saturated carbocycles. The molecule has 2 aromatic rings. The van der Waals surface area contributed by atoms with Gasteiger partial charge in [-0.05, 0) is 38.6 Å². The molecule has 2 heteroatoms. The highest BCUT2D eigenvalue weighted by Gasteiger charge is 2.00. The van der Waals surface area contributed by atoms with Gasteiger partial charge in [0.05, 0.1) is 6.61 Å². The fraction of sp³-hybridized carbons (Fsp3) is 0.300. The predicted molar refractivity (Wildman–Crippen MR) is 94.3 cm³/mol.